The van der Waals surface area contributed by atoms with Crippen molar-refractivity contribution in [3.8, 4) is 0 Å². The van der Waals surface area contributed by atoms with Gasteiger partial charge in [0.05, 0.1) is 10.1 Å². The van der Waals surface area contributed by atoms with E-state index in [1.165, 1.54) is 17.0 Å². The molecule has 1 aliphatic rings. The fourth-order valence-corrected chi connectivity index (χ4v) is 3.94. The molecule has 1 saturated heterocycles. The molecule has 0 aromatic heterocycles. The summed E-state index contributed by atoms with van der Waals surface area (Å²) in [5.74, 6) is 0. The van der Waals surface area contributed by atoms with E-state index in [9.17, 15) is 13.2 Å². The van der Waals surface area contributed by atoms with Crippen molar-refractivity contribution in [3.63, 3.8) is 0 Å². The van der Waals surface area contributed by atoms with E-state index in [0.29, 0.717) is 18.5 Å². The number of hydrogen-bond donors (Lipinski definition) is 2. The number of hydrogen-bond acceptors (Lipinski definition) is 4. The largest absolute Gasteiger partial charge is 0.465 e. The maximum Gasteiger partial charge on any atom is 0.407 e. The van der Waals surface area contributed by atoms with Crippen molar-refractivity contribution < 1.29 is 18.3 Å². The van der Waals surface area contributed by atoms with Crippen LogP contribution in [0, 0.1) is 0 Å². The topological polar surface area (TPSA) is 101 Å². The van der Waals surface area contributed by atoms with Crippen LogP contribution in [0.2, 0.25) is 0 Å². The molecule has 3 N–H and O–H groups in total. The molecule has 1 fully saturated rings. The van der Waals surface area contributed by atoms with Gasteiger partial charge < -0.3 is 15.7 Å². The van der Waals surface area contributed by atoms with Gasteiger partial charge in [-0.2, -0.15) is 0 Å². The van der Waals surface area contributed by atoms with E-state index in [-0.39, 0.29) is 18.0 Å². The monoisotopic (exact) mass is 284 g/mol. The highest BCUT2D eigenvalue weighted by molar-refractivity contribution is 7.92. The molecule has 0 aliphatic carbocycles. The van der Waals surface area contributed by atoms with E-state index in [2.05, 4.69) is 0 Å². The second-order valence-corrected chi connectivity index (χ2v) is 6.81. The van der Waals surface area contributed by atoms with Crippen molar-refractivity contribution in [2.75, 3.05) is 18.8 Å². The quantitative estimate of drug-likeness (QED) is 0.794. The summed E-state index contributed by atoms with van der Waals surface area (Å²) in [6.45, 7) is 0.516. The molecular weight excluding hydrogens is 268 g/mol. The molecule has 2 rings (SSSR count). The molecule has 1 amide bonds. The summed E-state index contributed by atoms with van der Waals surface area (Å²) < 4.78 is 24.7. The zero-order valence-electron chi connectivity index (χ0n) is 10.3. The zero-order chi connectivity index (χ0) is 14.0. The molecule has 0 atom stereocenters. The first-order valence-electron chi connectivity index (χ1n) is 5.98. The Balaban J connectivity index is 2.14. The predicted molar refractivity (Wildman–Crippen MR) is 70.7 cm³/mol. The third-order valence-electron chi connectivity index (χ3n) is 3.36. The minimum absolute atomic E-state index is 0.246. The number of rotatable bonds is 2. The fourth-order valence-electron chi connectivity index (χ4n) is 2.21. The summed E-state index contributed by atoms with van der Waals surface area (Å²) in [7, 11) is -3.40. The Bertz CT molecular complexity index is 560. The van der Waals surface area contributed by atoms with E-state index in [0.717, 1.165) is 0 Å². The maximum absolute atomic E-state index is 12.4. The van der Waals surface area contributed by atoms with Gasteiger partial charge in [-0.05, 0) is 37.1 Å². The van der Waals surface area contributed by atoms with Gasteiger partial charge in [-0.15, -0.1) is 0 Å². The van der Waals surface area contributed by atoms with Crippen LogP contribution < -0.4 is 5.73 Å². The van der Waals surface area contributed by atoms with Crippen LogP contribution in [0.3, 0.4) is 0 Å². The summed E-state index contributed by atoms with van der Waals surface area (Å²) in [5.41, 5.74) is 6.05. The average molecular weight is 284 g/mol. The van der Waals surface area contributed by atoms with Gasteiger partial charge in [0.2, 0.25) is 0 Å². The minimum atomic E-state index is -3.40. The lowest BCUT2D eigenvalue weighted by molar-refractivity contribution is 0.136. The smallest absolute Gasteiger partial charge is 0.407 e. The van der Waals surface area contributed by atoms with Crippen molar-refractivity contribution >= 4 is 21.6 Å². The first-order chi connectivity index (χ1) is 8.91. The van der Waals surface area contributed by atoms with Crippen LogP contribution in [0.15, 0.2) is 29.2 Å². The van der Waals surface area contributed by atoms with E-state index >= 15 is 0 Å². The van der Waals surface area contributed by atoms with Crippen LogP contribution in [-0.2, 0) is 9.84 Å². The number of anilines is 1. The Morgan fingerprint density at radius 3 is 2.21 bits per heavy atom. The first kappa shape index (κ1) is 13.7. The standard InChI is InChI=1S/C12H16N2O4S/c13-9-1-3-10(4-2-9)19(17,18)11-5-7-14(8-6-11)12(15)16/h1-4,11H,5-8,13H2,(H,15,16). The highest BCUT2D eigenvalue weighted by Crippen LogP contribution is 2.25. The number of carboxylic acid groups (broad SMARTS) is 1. The predicted octanol–water partition coefficient (Wildman–Crippen LogP) is 1.18. The molecule has 7 heteroatoms. The number of nitrogens with zero attached hydrogens (tertiary/aromatic N) is 1. The van der Waals surface area contributed by atoms with E-state index in [1.54, 1.807) is 12.1 Å². The Morgan fingerprint density at radius 1 is 1.21 bits per heavy atom. The molecule has 6 nitrogen and oxygen atoms in total. The summed E-state index contributed by atoms with van der Waals surface area (Å²) in [4.78, 5) is 12.3. The summed E-state index contributed by atoms with van der Waals surface area (Å²) in [6, 6.07) is 6.10. The van der Waals surface area contributed by atoms with Gasteiger partial charge >= 0.3 is 6.09 Å². The lowest BCUT2D eigenvalue weighted by Gasteiger charge is -2.29. The van der Waals surface area contributed by atoms with Gasteiger partial charge in [-0.1, -0.05) is 0 Å². The summed E-state index contributed by atoms with van der Waals surface area (Å²) >= 11 is 0. The molecular formula is C12H16N2O4S. The lowest BCUT2D eigenvalue weighted by atomic mass is 10.1. The van der Waals surface area contributed by atoms with Crippen LogP contribution in [0.1, 0.15) is 12.8 Å². The molecule has 1 aromatic carbocycles. The molecule has 1 heterocycles. The van der Waals surface area contributed by atoms with Crippen molar-refractivity contribution in [1.29, 1.82) is 0 Å². The van der Waals surface area contributed by atoms with Gasteiger partial charge in [0.1, 0.15) is 0 Å². The van der Waals surface area contributed by atoms with Crippen molar-refractivity contribution in [1.82, 2.24) is 4.90 Å². The maximum atomic E-state index is 12.4. The molecule has 19 heavy (non-hydrogen) atoms. The van der Waals surface area contributed by atoms with Gasteiger partial charge in [-0.25, -0.2) is 13.2 Å². The number of carbonyl (C=O) groups is 1. The number of sulfone groups is 1. The Morgan fingerprint density at radius 2 is 1.74 bits per heavy atom. The number of benzene rings is 1. The van der Waals surface area contributed by atoms with Crippen LogP contribution >= 0.6 is 0 Å². The van der Waals surface area contributed by atoms with Gasteiger partial charge in [-0.3, -0.25) is 0 Å². The van der Waals surface area contributed by atoms with Crippen LogP contribution in [0.4, 0.5) is 10.5 Å². The lowest BCUT2D eigenvalue weighted by Crippen LogP contribution is -2.41. The Kier molecular flexibility index (Phi) is 3.66. The van der Waals surface area contributed by atoms with Crippen molar-refractivity contribution in [3.05, 3.63) is 24.3 Å². The number of nitrogens with two attached hydrogens (primary N) is 1. The highest BCUT2D eigenvalue weighted by atomic mass is 32.2. The van der Waals surface area contributed by atoms with E-state index < -0.39 is 21.2 Å². The molecule has 1 aliphatic heterocycles. The second-order valence-electron chi connectivity index (χ2n) is 4.58. The number of piperidine rings is 1. The highest BCUT2D eigenvalue weighted by Gasteiger charge is 2.32. The molecule has 0 bridgehead atoms. The van der Waals surface area contributed by atoms with E-state index in [4.69, 9.17) is 10.8 Å². The van der Waals surface area contributed by atoms with Crippen molar-refractivity contribution in [2.24, 2.45) is 0 Å². The van der Waals surface area contributed by atoms with Gasteiger partial charge in [0, 0.05) is 18.8 Å². The van der Waals surface area contributed by atoms with E-state index in [1.807, 2.05) is 0 Å². The number of likely N-dealkylation sites (tertiary alicyclic amines) is 1. The van der Waals surface area contributed by atoms with Gasteiger partial charge in [0.25, 0.3) is 0 Å². The van der Waals surface area contributed by atoms with Crippen LogP contribution in [-0.4, -0.2) is 42.9 Å². The minimum Gasteiger partial charge on any atom is -0.465 e. The third kappa shape index (κ3) is 2.81. The molecule has 0 unspecified atom stereocenters. The Labute approximate surface area is 111 Å². The molecule has 1 aromatic rings. The number of amides is 1. The summed E-state index contributed by atoms with van der Waals surface area (Å²) in [6.07, 6.45) is -0.332. The number of nitrogen functional groups attached to an aromatic ring is 1. The van der Waals surface area contributed by atoms with Crippen LogP contribution in [0.5, 0.6) is 0 Å². The third-order valence-corrected chi connectivity index (χ3v) is 5.64. The molecule has 0 spiro atoms. The fraction of sp³-hybridized carbons (Fsp3) is 0.417. The van der Waals surface area contributed by atoms with Crippen LogP contribution in [0.25, 0.3) is 0 Å². The molecule has 0 saturated carbocycles. The average Bonchev–Trinajstić information content (AvgIpc) is 2.39. The molecule has 104 valence electrons. The summed E-state index contributed by atoms with van der Waals surface area (Å²) in [5, 5.41) is 8.32. The zero-order valence-corrected chi connectivity index (χ0v) is 11.1. The second kappa shape index (κ2) is 5.08. The van der Waals surface area contributed by atoms with Gasteiger partial charge in [0.15, 0.2) is 9.84 Å². The van der Waals surface area contributed by atoms with Crippen molar-refractivity contribution in [2.45, 2.75) is 23.0 Å². The molecule has 0 radical (unpaired) electrons. The first-order valence-corrected chi connectivity index (χ1v) is 7.53. The normalized spacial score (nSPS) is 17.4. The SMILES string of the molecule is Nc1ccc(S(=O)(=O)C2CCN(C(=O)O)CC2)cc1. The Hall–Kier alpha value is -1.76.